The molecule has 0 N–H and O–H groups in total. The quantitative estimate of drug-likeness (QED) is 0.528. The molecule has 2 heterocycles. The fraction of sp³-hybridized carbons (Fsp3) is 0.741. The predicted octanol–water partition coefficient (Wildman–Crippen LogP) is 6.16. The summed E-state index contributed by atoms with van der Waals surface area (Å²) in [4.78, 5) is 17.7. The molecule has 3 fully saturated rings. The molecule has 172 valence electrons. The Kier molecular flexibility index (Phi) is 6.40. The second-order valence-corrected chi connectivity index (χ2v) is 11.4. The van der Waals surface area contributed by atoms with Gasteiger partial charge in [0.05, 0.1) is 5.70 Å². The molecule has 4 aliphatic rings. The molecular formula is C27H42N2O2. The van der Waals surface area contributed by atoms with Crippen LogP contribution in [0, 0.1) is 23.2 Å². The van der Waals surface area contributed by atoms with Crippen LogP contribution in [-0.2, 0) is 4.74 Å². The van der Waals surface area contributed by atoms with Crippen LogP contribution in [0.15, 0.2) is 36.1 Å². The Morgan fingerprint density at radius 2 is 1.97 bits per heavy atom. The van der Waals surface area contributed by atoms with E-state index in [2.05, 4.69) is 30.6 Å². The molecule has 0 aromatic rings. The number of rotatable bonds is 5. The normalized spacial score (nSPS) is 30.7. The van der Waals surface area contributed by atoms with E-state index in [4.69, 9.17) is 4.74 Å². The lowest BCUT2D eigenvalue weighted by molar-refractivity contribution is 0.0262. The minimum absolute atomic E-state index is 0.0112. The lowest BCUT2D eigenvalue weighted by atomic mass is 9.73. The number of amides is 1. The number of nitrogens with zero attached hydrogens (tertiary/aromatic N) is 2. The number of piperidine rings is 1. The monoisotopic (exact) mass is 426 g/mol. The third-order valence-corrected chi connectivity index (χ3v) is 8.12. The van der Waals surface area contributed by atoms with E-state index in [0.29, 0.717) is 6.54 Å². The maximum atomic E-state index is 13.1. The van der Waals surface area contributed by atoms with Gasteiger partial charge < -0.3 is 9.64 Å². The van der Waals surface area contributed by atoms with Gasteiger partial charge in [0.2, 0.25) is 0 Å². The summed E-state index contributed by atoms with van der Waals surface area (Å²) in [6.45, 7) is 16.3. The van der Waals surface area contributed by atoms with E-state index in [1.54, 1.807) is 0 Å². The first-order valence-electron chi connectivity index (χ1n) is 12.5. The van der Waals surface area contributed by atoms with Crippen molar-refractivity contribution in [3.8, 4) is 0 Å². The number of allylic oxidation sites excluding steroid dienone is 3. The molecule has 31 heavy (non-hydrogen) atoms. The number of hydrogen-bond acceptors (Lipinski definition) is 3. The molecule has 2 saturated carbocycles. The number of ether oxygens (including phenoxy) is 1. The second-order valence-electron chi connectivity index (χ2n) is 11.4. The van der Waals surface area contributed by atoms with Crippen LogP contribution in [0.5, 0.6) is 0 Å². The van der Waals surface area contributed by atoms with Crippen LogP contribution < -0.4 is 0 Å². The third-order valence-electron chi connectivity index (χ3n) is 8.12. The number of carbonyl (C=O) groups is 1. The van der Waals surface area contributed by atoms with Gasteiger partial charge in [0.1, 0.15) is 5.60 Å². The average Bonchev–Trinajstić information content (AvgIpc) is 3.40. The summed E-state index contributed by atoms with van der Waals surface area (Å²) in [6.07, 6.45) is 15.1. The van der Waals surface area contributed by atoms with Crippen LogP contribution in [0.4, 0.5) is 4.79 Å². The fourth-order valence-corrected chi connectivity index (χ4v) is 6.62. The van der Waals surface area contributed by atoms with Crippen molar-refractivity contribution in [2.45, 2.75) is 78.2 Å². The van der Waals surface area contributed by atoms with Crippen molar-refractivity contribution in [1.82, 2.24) is 9.80 Å². The summed E-state index contributed by atoms with van der Waals surface area (Å²) in [6, 6.07) is 0. The number of hydrogen-bond donors (Lipinski definition) is 0. The molecule has 1 spiro atoms. The van der Waals surface area contributed by atoms with E-state index in [0.717, 1.165) is 55.8 Å². The van der Waals surface area contributed by atoms with Gasteiger partial charge >= 0.3 is 6.09 Å². The Balaban J connectivity index is 1.48. The predicted molar refractivity (Wildman–Crippen MR) is 127 cm³/mol. The van der Waals surface area contributed by atoms with Crippen molar-refractivity contribution >= 4 is 6.09 Å². The van der Waals surface area contributed by atoms with E-state index in [1.807, 2.05) is 31.7 Å². The number of fused-ring (bicyclic) bond motifs is 2. The van der Waals surface area contributed by atoms with E-state index in [9.17, 15) is 4.79 Å². The average molecular weight is 427 g/mol. The van der Waals surface area contributed by atoms with Gasteiger partial charge in [0, 0.05) is 18.5 Å². The van der Waals surface area contributed by atoms with Gasteiger partial charge in [-0.15, -0.1) is 0 Å². The van der Waals surface area contributed by atoms with Gasteiger partial charge in [-0.25, -0.2) is 4.79 Å². The van der Waals surface area contributed by atoms with Crippen LogP contribution in [0.25, 0.3) is 0 Å². The smallest absolute Gasteiger partial charge is 0.414 e. The van der Waals surface area contributed by atoms with Gasteiger partial charge in [-0.2, -0.15) is 0 Å². The Hall–Kier alpha value is -1.55. The SMILES string of the molecule is C=CC1=C(/C=C\CC)N(C(=O)OC(C)(C)C)CC12CCN(CC1CC3CCC1C3)CC2. The van der Waals surface area contributed by atoms with Crippen LogP contribution >= 0.6 is 0 Å². The molecule has 4 rings (SSSR count). The summed E-state index contributed by atoms with van der Waals surface area (Å²) in [5.41, 5.74) is 1.75. The summed E-state index contributed by atoms with van der Waals surface area (Å²) < 4.78 is 5.77. The second kappa shape index (κ2) is 8.77. The van der Waals surface area contributed by atoms with Gasteiger partial charge in [-0.05, 0) is 102 Å². The highest BCUT2D eigenvalue weighted by Crippen LogP contribution is 2.50. The van der Waals surface area contributed by atoms with Crippen molar-refractivity contribution in [2.24, 2.45) is 23.2 Å². The topological polar surface area (TPSA) is 32.8 Å². The van der Waals surface area contributed by atoms with Gasteiger partial charge in [0.15, 0.2) is 0 Å². The van der Waals surface area contributed by atoms with Crippen molar-refractivity contribution in [3.63, 3.8) is 0 Å². The molecule has 2 aliphatic carbocycles. The lowest BCUT2D eigenvalue weighted by Crippen LogP contribution is -2.46. The van der Waals surface area contributed by atoms with Crippen LogP contribution in [0.1, 0.15) is 72.6 Å². The van der Waals surface area contributed by atoms with E-state index < -0.39 is 5.60 Å². The van der Waals surface area contributed by atoms with Crippen LogP contribution in [-0.4, -0.2) is 47.7 Å². The molecule has 0 aromatic carbocycles. The molecule has 3 atom stereocenters. The molecule has 2 bridgehead atoms. The minimum atomic E-state index is -0.495. The molecule has 4 heteroatoms. The Morgan fingerprint density at radius 3 is 2.52 bits per heavy atom. The fourth-order valence-electron chi connectivity index (χ4n) is 6.62. The molecule has 2 aliphatic heterocycles. The molecule has 1 amide bonds. The highest BCUT2D eigenvalue weighted by molar-refractivity contribution is 5.73. The maximum Gasteiger partial charge on any atom is 0.414 e. The zero-order chi connectivity index (χ0) is 22.2. The highest BCUT2D eigenvalue weighted by Gasteiger charge is 2.48. The Labute approximate surface area is 189 Å². The molecule has 1 saturated heterocycles. The van der Waals surface area contributed by atoms with Crippen molar-refractivity contribution in [1.29, 1.82) is 0 Å². The summed E-state index contributed by atoms with van der Waals surface area (Å²) in [7, 11) is 0. The third kappa shape index (κ3) is 4.65. The Bertz CT molecular complexity index is 752. The van der Waals surface area contributed by atoms with Crippen LogP contribution in [0.2, 0.25) is 0 Å². The largest absolute Gasteiger partial charge is 0.443 e. The summed E-state index contributed by atoms with van der Waals surface area (Å²) in [5, 5.41) is 0. The van der Waals surface area contributed by atoms with E-state index >= 15 is 0 Å². The van der Waals surface area contributed by atoms with Gasteiger partial charge in [-0.1, -0.05) is 32.1 Å². The van der Waals surface area contributed by atoms with Crippen molar-refractivity contribution in [3.05, 3.63) is 36.1 Å². The molecule has 3 unspecified atom stereocenters. The zero-order valence-corrected chi connectivity index (χ0v) is 20.2. The summed E-state index contributed by atoms with van der Waals surface area (Å²) >= 11 is 0. The highest BCUT2D eigenvalue weighted by atomic mass is 16.6. The molecule has 4 nitrogen and oxygen atoms in total. The first-order valence-corrected chi connectivity index (χ1v) is 12.5. The van der Waals surface area contributed by atoms with Gasteiger partial charge in [0.25, 0.3) is 0 Å². The van der Waals surface area contributed by atoms with Crippen LogP contribution in [0.3, 0.4) is 0 Å². The van der Waals surface area contributed by atoms with Crippen molar-refractivity contribution in [2.75, 3.05) is 26.2 Å². The first kappa shape index (κ1) is 22.6. The molecule has 0 radical (unpaired) electrons. The number of carbonyl (C=O) groups excluding carboxylic acids is 1. The molecular weight excluding hydrogens is 384 g/mol. The van der Waals surface area contributed by atoms with E-state index in [1.165, 1.54) is 37.8 Å². The molecule has 0 aromatic heterocycles. The first-order chi connectivity index (χ1) is 14.7. The van der Waals surface area contributed by atoms with E-state index in [-0.39, 0.29) is 11.5 Å². The van der Waals surface area contributed by atoms with Gasteiger partial charge in [-0.3, -0.25) is 4.90 Å². The summed E-state index contributed by atoms with van der Waals surface area (Å²) in [5.74, 6) is 2.93. The standard InChI is InChI=1S/C27H42N2O2/c1-6-8-9-24-23(7-2)27(19-29(24)25(30)31-26(3,4)5)12-14-28(15-13-27)18-22-17-20-10-11-21(22)16-20/h7-9,20-22H,2,6,10-19H2,1,3-5H3/b9-8-. The lowest BCUT2D eigenvalue weighted by Gasteiger charge is -2.42. The zero-order valence-electron chi connectivity index (χ0n) is 20.2. The number of likely N-dealkylation sites (tertiary alicyclic amines) is 1. The Morgan fingerprint density at radius 1 is 1.23 bits per heavy atom. The minimum Gasteiger partial charge on any atom is -0.443 e. The maximum absolute atomic E-state index is 13.1. The van der Waals surface area contributed by atoms with Crippen molar-refractivity contribution < 1.29 is 9.53 Å².